The lowest BCUT2D eigenvalue weighted by molar-refractivity contribution is 0.909. The number of halogens is 1. The molecule has 1 heterocycles. The summed E-state index contributed by atoms with van der Waals surface area (Å²) in [6.45, 7) is 1.92. The molecule has 0 radical (unpaired) electrons. The van der Waals surface area contributed by atoms with E-state index in [0.717, 1.165) is 29.7 Å². The SMILES string of the molecule is Cc1cnc(Cl)nc1Nc1cccc(C2(C#N)CC2)c1. The van der Waals surface area contributed by atoms with Crippen molar-refractivity contribution in [3.8, 4) is 6.07 Å². The monoisotopic (exact) mass is 284 g/mol. The number of benzene rings is 1. The zero-order chi connectivity index (χ0) is 14.2. The van der Waals surface area contributed by atoms with Crippen molar-refractivity contribution >= 4 is 23.1 Å². The molecule has 4 nitrogen and oxygen atoms in total. The van der Waals surface area contributed by atoms with Gasteiger partial charge in [-0.1, -0.05) is 12.1 Å². The molecular weight excluding hydrogens is 272 g/mol. The number of aryl methyl sites for hydroxylation is 1. The number of anilines is 2. The minimum atomic E-state index is -0.282. The topological polar surface area (TPSA) is 61.6 Å². The van der Waals surface area contributed by atoms with Gasteiger partial charge in [0.05, 0.1) is 11.5 Å². The first-order valence-corrected chi connectivity index (χ1v) is 6.79. The fourth-order valence-corrected chi connectivity index (χ4v) is 2.30. The molecule has 0 atom stereocenters. The van der Waals surface area contributed by atoms with Crippen LogP contribution >= 0.6 is 11.6 Å². The summed E-state index contributed by atoms with van der Waals surface area (Å²) in [6.07, 6.45) is 3.55. The van der Waals surface area contributed by atoms with Gasteiger partial charge in [0.2, 0.25) is 5.28 Å². The molecule has 3 rings (SSSR count). The van der Waals surface area contributed by atoms with Crippen molar-refractivity contribution in [1.29, 1.82) is 5.26 Å². The maximum Gasteiger partial charge on any atom is 0.224 e. The Labute approximate surface area is 122 Å². The number of hydrogen-bond acceptors (Lipinski definition) is 4. The van der Waals surface area contributed by atoms with E-state index in [9.17, 15) is 5.26 Å². The highest BCUT2D eigenvalue weighted by molar-refractivity contribution is 6.28. The van der Waals surface area contributed by atoms with Crippen LogP contribution in [0.15, 0.2) is 30.5 Å². The predicted octanol–water partition coefficient (Wildman–Crippen LogP) is 3.74. The van der Waals surface area contributed by atoms with Crippen molar-refractivity contribution < 1.29 is 0 Å². The second kappa shape index (κ2) is 4.77. The standard InChI is InChI=1S/C15H13ClN4/c1-10-8-18-14(16)20-13(10)19-12-4-2-3-11(7-12)15(9-17)5-6-15/h2-4,7-8H,5-6H2,1H3,(H,18,19,20). The van der Waals surface area contributed by atoms with E-state index in [1.165, 1.54) is 0 Å². The fraction of sp³-hybridized carbons (Fsp3) is 0.267. The largest absolute Gasteiger partial charge is 0.340 e. The van der Waals surface area contributed by atoms with E-state index in [2.05, 4.69) is 21.4 Å². The first-order valence-electron chi connectivity index (χ1n) is 6.41. The van der Waals surface area contributed by atoms with Crippen LogP contribution in [0.25, 0.3) is 0 Å². The summed E-state index contributed by atoms with van der Waals surface area (Å²) in [5.74, 6) is 0.684. The minimum absolute atomic E-state index is 0.213. The van der Waals surface area contributed by atoms with E-state index >= 15 is 0 Å². The average Bonchev–Trinajstić information content (AvgIpc) is 3.24. The number of nitrogens with zero attached hydrogens (tertiary/aromatic N) is 3. The van der Waals surface area contributed by atoms with Gasteiger partial charge in [0.25, 0.3) is 0 Å². The van der Waals surface area contributed by atoms with Crippen LogP contribution in [0.2, 0.25) is 5.28 Å². The molecule has 1 aromatic heterocycles. The lowest BCUT2D eigenvalue weighted by atomic mass is 9.97. The summed E-state index contributed by atoms with van der Waals surface area (Å²) in [4.78, 5) is 8.11. The molecule has 0 amide bonds. The van der Waals surface area contributed by atoms with E-state index in [4.69, 9.17) is 11.6 Å². The summed E-state index contributed by atoms with van der Waals surface area (Å²) in [6, 6.07) is 10.3. The Balaban J connectivity index is 1.90. The first-order chi connectivity index (χ1) is 9.63. The van der Waals surface area contributed by atoms with Gasteiger partial charge in [0.15, 0.2) is 0 Å². The molecule has 1 fully saturated rings. The van der Waals surface area contributed by atoms with Crippen molar-refractivity contribution in [1.82, 2.24) is 9.97 Å². The van der Waals surface area contributed by atoms with Gasteiger partial charge < -0.3 is 5.32 Å². The summed E-state index contributed by atoms with van der Waals surface area (Å²) in [7, 11) is 0. The molecule has 1 saturated carbocycles. The van der Waals surface area contributed by atoms with E-state index in [1.807, 2.05) is 31.2 Å². The summed E-state index contributed by atoms with van der Waals surface area (Å²) >= 11 is 5.81. The molecule has 1 N–H and O–H groups in total. The third kappa shape index (κ3) is 2.33. The van der Waals surface area contributed by atoms with Crippen molar-refractivity contribution in [3.63, 3.8) is 0 Å². The van der Waals surface area contributed by atoms with Crippen LogP contribution in [0.3, 0.4) is 0 Å². The highest BCUT2D eigenvalue weighted by atomic mass is 35.5. The summed E-state index contributed by atoms with van der Waals surface area (Å²) < 4.78 is 0. The third-order valence-corrected chi connectivity index (χ3v) is 3.77. The van der Waals surface area contributed by atoms with Crippen molar-refractivity contribution in [2.45, 2.75) is 25.2 Å². The van der Waals surface area contributed by atoms with Gasteiger partial charge in [0, 0.05) is 17.4 Å². The Bertz CT molecular complexity index is 701. The van der Waals surface area contributed by atoms with Crippen molar-refractivity contribution in [3.05, 3.63) is 46.9 Å². The fourth-order valence-electron chi connectivity index (χ4n) is 2.17. The second-order valence-electron chi connectivity index (χ2n) is 5.07. The highest BCUT2D eigenvalue weighted by Crippen LogP contribution is 2.48. The van der Waals surface area contributed by atoms with Crippen LogP contribution in [-0.2, 0) is 5.41 Å². The Morgan fingerprint density at radius 1 is 1.40 bits per heavy atom. The molecule has 0 aliphatic heterocycles. The molecular formula is C15H13ClN4. The van der Waals surface area contributed by atoms with E-state index in [0.29, 0.717) is 5.82 Å². The number of nitrogens with one attached hydrogen (secondary N) is 1. The average molecular weight is 285 g/mol. The molecule has 1 aromatic carbocycles. The summed E-state index contributed by atoms with van der Waals surface area (Å²) in [5, 5.41) is 12.7. The first kappa shape index (κ1) is 12.9. The maximum absolute atomic E-state index is 9.26. The molecule has 100 valence electrons. The number of nitriles is 1. The molecule has 1 aliphatic rings. The van der Waals surface area contributed by atoms with Gasteiger partial charge in [-0.15, -0.1) is 0 Å². The highest BCUT2D eigenvalue weighted by Gasteiger charge is 2.44. The van der Waals surface area contributed by atoms with Crippen LogP contribution in [0.5, 0.6) is 0 Å². The third-order valence-electron chi connectivity index (χ3n) is 3.58. The van der Waals surface area contributed by atoms with E-state index in [1.54, 1.807) is 6.20 Å². The van der Waals surface area contributed by atoms with E-state index in [-0.39, 0.29) is 10.7 Å². The molecule has 0 spiro atoms. The van der Waals surface area contributed by atoms with Gasteiger partial charge in [-0.3, -0.25) is 0 Å². The predicted molar refractivity (Wildman–Crippen MR) is 78.0 cm³/mol. The van der Waals surface area contributed by atoms with Gasteiger partial charge in [-0.05, 0) is 49.1 Å². The van der Waals surface area contributed by atoms with E-state index < -0.39 is 0 Å². The molecule has 0 unspecified atom stereocenters. The Hall–Kier alpha value is -2.12. The smallest absolute Gasteiger partial charge is 0.224 e. The molecule has 0 bridgehead atoms. The molecule has 5 heteroatoms. The number of hydrogen-bond donors (Lipinski definition) is 1. The van der Waals surface area contributed by atoms with Gasteiger partial charge in [0.1, 0.15) is 5.82 Å². The van der Waals surface area contributed by atoms with Gasteiger partial charge >= 0.3 is 0 Å². The Kier molecular flexibility index (Phi) is 3.07. The van der Waals surface area contributed by atoms with Crippen LogP contribution in [0.1, 0.15) is 24.0 Å². The zero-order valence-electron chi connectivity index (χ0n) is 11.0. The zero-order valence-corrected chi connectivity index (χ0v) is 11.8. The summed E-state index contributed by atoms with van der Waals surface area (Å²) in [5.41, 5.74) is 2.60. The molecule has 2 aromatic rings. The van der Waals surface area contributed by atoms with Crippen molar-refractivity contribution in [2.24, 2.45) is 0 Å². The molecule has 20 heavy (non-hydrogen) atoms. The van der Waals surface area contributed by atoms with Crippen molar-refractivity contribution in [2.75, 3.05) is 5.32 Å². The van der Waals surface area contributed by atoms with Gasteiger partial charge in [-0.25, -0.2) is 9.97 Å². The Morgan fingerprint density at radius 3 is 2.90 bits per heavy atom. The maximum atomic E-state index is 9.26. The number of aromatic nitrogens is 2. The number of rotatable bonds is 3. The van der Waals surface area contributed by atoms with Crippen LogP contribution in [0.4, 0.5) is 11.5 Å². The molecule has 1 aliphatic carbocycles. The van der Waals surface area contributed by atoms with Crippen LogP contribution in [0, 0.1) is 18.3 Å². The lowest BCUT2D eigenvalue weighted by Gasteiger charge is -2.11. The minimum Gasteiger partial charge on any atom is -0.340 e. The molecule has 0 saturated heterocycles. The van der Waals surface area contributed by atoms with Gasteiger partial charge in [-0.2, -0.15) is 5.26 Å². The normalized spacial score (nSPS) is 15.4. The second-order valence-corrected chi connectivity index (χ2v) is 5.41. The Morgan fingerprint density at radius 2 is 2.20 bits per heavy atom. The lowest BCUT2D eigenvalue weighted by Crippen LogP contribution is -2.04. The van der Waals surface area contributed by atoms with Crippen LogP contribution in [-0.4, -0.2) is 9.97 Å². The quantitative estimate of drug-likeness (QED) is 0.872. The van der Waals surface area contributed by atoms with Crippen LogP contribution < -0.4 is 5.32 Å².